The van der Waals surface area contributed by atoms with Crippen LogP contribution in [0.1, 0.15) is 23.0 Å². The molecule has 0 aliphatic heterocycles. The number of nitrogens with zero attached hydrogens (tertiary/aromatic N) is 1. The largest absolute Gasteiger partial charge is 0.507 e. The number of hydrogen-bond donors (Lipinski definition) is 3. The number of aliphatic hydroxyl groups is 3. The molecule has 0 bridgehead atoms. The van der Waals surface area contributed by atoms with Crippen LogP contribution in [0, 0.1) is 0 Å². The van der Waals surface area contributed by atoms with Crippen molar-refractivity contribution < 1.29 is 29.6 Å². The van der Waals surface area contributed by atoms with E-state index in [0.717, 1.165) is 18.7 Å². The van der Waals surface area contributed by atoms with Crippen molar-refractivity contribution >= 4 is 28.4 Å². The smallest absolute Gasteiger partial charge is 0.378 e. The number of aliphatic hydroxyl groups excluding tert-OH is 2. The molecule has 0 radical (unpaired) electrons. The number of benzene rings is 2. The predicted octanol–water partition coefficient (Wildman–Crippen LogP) is 2.31. The number of rotatable bonds is 6. The van der Waals surface area contributed by atoms with Crippen molar-refractivity contribution in [3.63, 3.8) is 0 Å². The molecule has 2 aromatic carbocycles. The van der Waals surface area contributed by atoms with Gasteiger partial charge in [-0.15, -0.1) is 0 Å². The quantitative estimate of drug-likeness (QED) is 0.199. The lowest BCUT2D eigenvalue weighted by molar-refractivity contribution is -0.149. The van der Waals surface area contributed by atoms with Gasteiger partial charge < -0.3 is 24.6 Å². The Bertz CT molecular complexity index is 1050. The molecule has 7 heteroatoms. The van der Waals surface area contributed by atoms with Crippen LogP contribution in [-0.4, -0.2) is 38.7 Å². The highest BCUT2D eigenvalue weighted by Crippen LogP contribution is 2.29. The molecular weight excluding hydrogens is 362 g/mol. The molecule has 1 aromatic heterocycles. The topological polar surface area (TPSA) is 109 Å². The molecule has 3 rings (SSSR count). The van der Waals surface area contributed by atoms with E-state index in [-0.39, 0.29) is 11.1 Å². The number of carbonyl (C=O) groups excluding carboxylic acids is 2. The van der Waals surface area contributed by atoms with Gasteiger partial charge in [0.05, 0.1) is 7.11 Å². The van der Waals surface area contributed by atoms with Gasteiger partial charge >= 0.3 is 5.97 Å². The molecule has 0 amide bonds. The molecule has 3 N–H and O–H groups in total. The lowest BCUT2D eigenvalue weighted by Crippen LogP contribution is -2.13. The second kappa shape index (κ2) is 8.08. The summed E-state index contributed by atoms with van der Waals surface area (Å²) < 4.78 is 6.22. The van der Waals surface area contributed by atoms with Gasteiger partial charge in [0.1, 0.15) is 5.76 Å². The van der Waals surface area contributed by atoms with Crippen LogP contribution in [0.2, 0.25) is 0 Å². The molecule has 0 saturated heterocycles. The number of fused-ring (bicyclic) bond motifs is 1. The minimum absolute atomic E-state index is 0.235. The number of ketones is 1. The molecule has 3 aromatic rings. The minimum Gasteiger partial charge on any atom is -0.507 e. The van der Waals surface area contributed by atoms with E-state index < -0.39 is 23.8 Å². The predicted molar refractivity (Wildman–Crippen MR) is 102 cm³/mol. The van der Waals surface area contributed by atoms with Crippen LogP contribution in [0.5, 0.6) is 0 Å². The summed E-state index contributed by atoms with van der Waals surface area (Å²) in [4.78, 5) is 23.1. The number of methoxy groups -OCH3 is 1. The fourth-order valence-corrected chi connectivity index (χ4v) is 2.95. The SMILES string of the molecule is COC(=O)C(=O)C=C(O)c1cn(Cc2ccccc2)c2ccc(C(O)O)cc12. The third-order valence-electron chi connectivity index (χ3n) is 4.33. The highest BCUT2D eigenvalue weighted by Gasteiger charge is 2.18. The summed E-state index contributed by atoms with van der Waals surface area (Å²) in [5.41, 5.74) is 2.25. The van der Waals surface area contributed by atoms with Crippen LogP contribution >= 0.6 is 0 Å². The molecule has 0 saturated carbocycles. The van der Waals surface area contributed by atoms with E-state index in [1.54, 1.807) is 18.3 Å². The molecule has 1 heterocycles. The van der Waals surface area contributed by atoms with Crippen LogP contribution in [0.3, 0.4) is 0 Å². The third kappa shape index (κ3) is 3.95. The zero-order valence-corrected chi connectivity index (χ0v) is 15.1. The van der Waals surface area contributed by atoms with Crippen molar-refractivity contribution in [2.75, 3.05) is 7.11 Å². The fraction of sp³-hybridized carbons (Fsp3) is 0.143. The number of hydrogen-bond acceptors (Lipinski definition) is 6. The fourth-order valence-electron chi connectivity index (χ4n) is 2.95. The van der Waals surface area contributed by atoms with Crippen molar-refractivity contribution in [1.82, 2.24) is 4.57 Å². The second-order valence-electron chi connectivity index (χ2n) is 6.19. The zero-order chi connectivity index (χ0) is 20.3. The van der Waals surface area contributed by atoms with Crippen molar-refractivity contribution in [3.05, 3.63) is 77.5 Å². The second-order valence-corrected chi connectivity index (χ2v) is 6.19. The Morgan fingerprint density at radius 1 is 1.14 bits per heavy atom. The van der Waals surface area contributed by atoms with Crippen LogP contribution in [0.4, 0.5) is 0 Å². The van der Waals surface area contributed by atoms with Gasteiger partial charge in [-0.25, -0.2) is 4.79 Å². The van der Waals surface area contributed by atoms with Gasteiger partial charge in [-0.1, -0.05) is 36.4 Å². The number of aromatic nitrogens is 1. The maximum Gasteiger partial charge on any atom is 0.378 e. The van der Waals surface area contributed by atoms with E-state index in [9.17, 15) is 24.9 Å². The Morgan fingerprint density at radius 3 is 2.50 bits per heavy atom. The molecule has 7 nitrogen and oxygen atoms in total. The van der Waals surface area contributed by atoms with E-state index in [1.807, 2.05) is 34.9 Å². The number of esters is 1. The molecular formula is C21H19NO6. The summed E-state index contributed by atoms with van der Waals surface area (Å²) in [7, 11) is 1.08. The Hall–Kier alpha value is -3.42. The zero-order valence-electron chi connectivity index (χ0n) is 15.1. The highest BCUT2D eigenvalue weighted by atomic mass is 16.5. The van der Waals surface area contributed by atoms with Crippen LogP contribution in [-0.2, 0) is 20.9 Å². The first kappa shape index (κ1) is 19.3. The first-order chi connectivity index (χ1) is 13.4. The summed E-state index contributed by atoms with van der Waals surface area (Å²) in [5, 5.41) is 29.9. The van der Waals surface area contributed by atoms with E-state index in [4.69, 9.17) is 0 Å². The molecule has 144 valence electrons. The van der Waals surface area contributed by atoms with Gasteiger partial charge in [0.25, 0.3) is 5.78 Å². The van der Waals surface area contributed by atoms with Gasteiger partial charge in [0.2, 0.25) is 0 Å². The normalized spacial score (nSPS) is 11.8. The van der Waals surface area contributed by atoms with Crippen molar-refractivity contribution in [2.24, 2.45) is 0 Å². The number of ether oxygens (including phenoxy) is 1. The van der Waals surface area contributed by atoms with E-state index >= 15 is 0 Å². The summed E-state index contributed by atoms with van der Waals surface area (Å²) in [6, 6.07) is 14.4. The van der Waals surface area contributed by atoms with Crippen molar-refractivity contribution in [1.29, 1.82) is 0 Å². The summed E-state index contributed by atoms with van der Waals surface area (Å²) >= 11 is 0. The van der Waals surface area contributed by atoms with E-state index in [2.05, 4.69) is 4.74 Å². The molecule has 0 spiro atoms. The summed E-state index contributed by atoms with van der Waals surface area (Å²) in [5.74, 6) is -2.51. The Morgan fingerprint density at radius 2 is 1.86 bits per heavy atom. The maximum absolute atomic E-state index is 11.8. The molecule has 0 aliphatic carbocycles. The molecule has 28 heavy (non-hydrogen) atoms. The van der Waals surface area contributed by atoms with Crippen LogP contribution in [0.25, 0.3) is 16.7 Å². The molecule has 0 unspecified atom stereocenters. The van der Waals surface area contributed by atoms with Gasteiger partial charge in [0, 0.05) is 40.8 Å². The Balaban J connectivity index is 2.12. The van der Waals surface area contributed by atoms with Crippen LogP contribution in [0.15, 0.2) is 60.8 Å². The lowest BCUT2D eigenvalue weighted by atomic mass is 10.1. The minimum atomic E-state index is -1.68. The summed E-state index contributed by atoms with van der Waals surface area (Å²) in [6.07, 6.45) is 0.745. The monoisotopic (exact) mass is 381 g/mol. The average molecular weight is 381 g/mol. The average Bonchev–Trinajstić information content (AvgIpc) is 3.05. The van der Waals surface area contributed by atoms with E-state index in [1.165, 1.54) is 6.07 Å². The lowest BCUT2D eigenvalue weighted by Gasteiger charge is -2.07. The standard InChI is InChI=1S/C21H19NO6/c1-28-21(27)19(24)10-18(23)16-12-22(11-13-5-3-2-4-6-13)17-8-7-14(20(25)26)9-15(16)17/h2-10,12,20,23,25-26H,11H2,1H3. The van der Waals surface area contributed by atoms with Gasteiger partial charge in [0.15, 0.2) is 6.29 Å². The third-order valence-corrected chi connectivity index (χ3v) is 4.33. The number of carbonyl (C=O) groups is 2. The van der Waals surface area contributed by atoms with E-state index in [0.29, 0.717) is 17.4 Å². The Labute approximate surface area is 160 Å². The van der Waals surface area contributed by atoms with Gasteiger partial charge in [-0.05, 0) is 17.7 Å². The first-order valence-electron chi connectivity index (χ1n) is 8.47. The van der Waals surface area contributed by atoms with Crippen molar-refractivity contribution in [2.45, 2.75) is 12.8 Å². The van der Waals surface area contributed by atoms with Crippen molar-refractivity contribution in [3.8, 4) is 0 Å². The Kier molecular flexibility index (Phi) is 5.58. The first-order valence-corrected chi connectivity index (χ1v) is 8.47. The van der Waals surface area contributed by atoms with Gasteiger partial charge in [-0.2, -0.15) is 0 Å². The molecule has 0 atom stereocenters. The summed E-state index contributed by atoms with van der Waals surface area (Å²) in [6.45, 7) is 0.497. The van der Waals surface area contributed by atoms with Gasteiger partial charge in [-0.3, -0.25) is 4.79 Å². The maximum atomic E-state index is 11.8. The molecule has 0 aliphatic rings. The molecule has 0 fully saturated rings. The van der Waals surface area contributed by atoms with Crippen LogP contribution < -0.4 is 0 Å². The highest BCUT2D eigenvalue weighted by molar-refractivity contribution is 6.39.